The largest absolute Gasteiger partial charge is 0.377 e. The molecule has 1 aromatic heterocycles. The van der Waals surface area contributed by atoms with E-state index in [1.807, 2.05) is 0 Å². The first-order valence-corrected chi connectivity index (χ1v) is 8.62. The van der Waals surface area contributed by atoms with E-state index in [2.05, 4.69) is 9.97 Å². The lowest BCUT2D eigenvalue weighted by Crippen LogP contribution is -2.34. The molecule has 1 heterocycles. The van der Waals surface area contributed by atoms with Gasteiger partial charge in [0.2, 0.25) is 0 Å². The van der Waals surface area contributed by atoms with Crippen molar-refractivity contribution >= 4 is 15.2 Å². The van der Waals surface area contributed by atoms with Crippen molar-refractivity contribution in [3.63, 3.8) is 0 Å². The van der Waals surface area contributed by atoms with Crippen LogP contribution in [0.25, 0.3) is 0 Å². The molecule has 20 heavy (non-hydrogen) atoms. The summed E-state index contributed by atoms with van der Waals surface area (Å²) in [6, 6.07) is 0. The van der Waals surface area contributed by atoms with Crippen molar-refractivity contribution in [3.8, 4) is 0 Å². The van der Waals surface area contributed by atoms with Gasteiger partial charge in [-0.25, -0.2) is 4.98 Å². The minimum absolute atomic E-state index is 0.117. The molecule has 0 saturated heterocycles. The lowest BCUT2D eigenvalue weighted by atomic mass is 10.3. The summed E-state index contributed by atoms with van der Waals surface area (Å²) >= 11 is 0. The average molecular weight is 330 g/mol. The fourth-order valence-electron chi connectivity index (χ4n) is 1.36. The second-order valence-electron chi connectivity index (χ2n) is 4.14. The lowest BCUT2D eigenvalue weighted by molar-refractivity contribution is 0.0260. The van der Waals surface area contributed by atoms with Crippen LogP contribution in [0.1, 0.15) is 11.4 Å². The van der Waals surface area contributed by atoms with Crippen LogP contribution in [0.5, 0.6) is 0 Å². The Morgan fingerprint density at radius 1 is 1.30 bits per heavy atom. The number of aliphatic hydroxyl groups is 1. The van der Waals surface area contributed by atoms with E-state index >= 15 is 0 Å². The Morgan fingerprint density at radius 3 is 2.25 bits per heavy atom. The summed E-state index contributed by atoms with van der Waals surface area (Å²) in [4.78, 5) is 42.2. The third-order valence-corrected chi connectivity index (χ3v) is 6.33. The number of aromatic amines is 1. The SMILES string of the molecule is Cc1[nH]cnc1CCOCC(O)(P(=O)(O)O)P(=O)(O)O. The molecule has 0 aromatic carbocycles. The summed E-state index contributed by atoms with van der Waals surface area (Å²) in [7, 11) is -10.9. The summed E-state index contributed by atoms with van der Waals surface area (Å²) in [5.74, 6) is 0. The Labute approximate surface area is 114 Å². The monoisotopic (exact) mass is 330 g/mol. The Hall–Kier alpha value is -0.570. The van der Waals surface area contributed by atoms with Crippen LogP contribution in [0.3, 0.4) is 0 Å². The number of imidazole rings is 1. The van der Waals surface area contributed by atoms with E-state index in [0.29, 0.717) is 5.69 Å². The Balaban J connectivity index is 2.64. The quantitative estimate of drug-likeness (QED) is 0.278. The van der Waals surface area contributed by atoms with Gasteiger partial charge in [0.05, 0.1) is 25.2 Å². The first kappa shape index (κ1) is 17.5. The molecule has 1 rings (SSSR count). The Kier molecular flexibility index (Phi) is 5.29. The van der Waals surface area contributed by atoms with E-state index in [-0.39, 0.29) is 13.0 Å². The van der Waals surface area contributed by atoms with Crippen LogP contribution in [0.4, 0.5) is 0 Å². The Bertz CT molecular complexity index is 524. The fraction of sp³-hybridized carbons (Fsp3) is 0.625. The molecule has 0 aliphatic rings. The van der Waals surface area contributed by atoms with E-state index in [4.69, 9.17) is 24.3 Å². The first-order valence-electron chi connectivity index (χ1n) is 5.39. The highest BCUT2D eigenvalue weighted by Crippen LogP contribution is 2.67. The zero-order valence-electron chi connectivity index (χ0n) is 10.5. The van der Waals surface area contributed by atoms with Gasteiger partial charge >= 0.3 is 15.2 Å². The molecule has 0 aliphatic heterocycles. The van der Waals surface area contributed by atoms with Crippen molar-refractivity contribution in [2.45, 2.75) is 18.4 Å². The predicted molar refractivity (Wildman–Crippen MR) is 66.9 cm³/mol. The number of aromatic nitrogens is 2. The predicted octanol–water partition coefficient (Wildman–Crippen LogP) is -0.721. The summed E-state index contributed by atoms with van der Waals surface area (Å²) < 4.78 is 26.9. The standard InChI is InChI=1S/C8H16N2O8P2/c1-6-7(10-5-9-6)2-3-18-4-8(11,19(12,13)14)20(15,16)17/h5,11H,2-4H2,1H3,(H,9,10)(H2,12,13,14)(H2,15,16,17). The van der Waals surface area contributed by atoms with E-state index < -0.39 is 26.9 Å². The molecule has 0 amide bonds. The third-order valence-electron chi connectivity index (χ3n) is 2.65. The number of hydrogen-bond acceptors (Lipinski definition) is 5. The molecule has 0 spiro atoms. The van der Waals surface area contributed by atoms with Crippen molar-refractivity contribution in [2.24, 2.45) is 0 Å². The second-order valence-corrected chi connectivity index (χ2v) is 8.15. The van der Waals surface area contributed by atoms with Gasteiger partial charge in [-0.15, -0.1) is 0 Å². The topological polar surface area (TPSA) is 173 Å². The van der Waals surface area contributed by atoms with Gasteiger partial charge in [0.15, 0.2) is 0 Å². The minimum atomic E-state index is -5.47. The summed E-state index contributed by atoms with van der Waals surface area (Å²) in [5, 5.41) is 5.98. The fourth-order valence-corrected chi connectivity index (χ4v) is 3.23. The van der Waals surface area contributed by atoms with Crippen LogP contribution < -0.4 is 0 Å². The molecular formula is C8H16N2O8P2. The van der Waals surface area contributed by atoms with Gasteiger partial charge in [-0.2, -0.15) is 0 Å². The molecule has 0 aliphatic carbocycles. The van der Waals surface area contributed by atoms with Crippen LogP contribution in [-0.2, 0) is 20.3 Å². The molecule has 116 valence electrons. The van der Waals surface area contributed by atoms with Crippen molar-refractivity contribution in [2.75, 3.05) is 13.2 Å². The van der Waals surface area contributed by atoms with E-state index in [1.54, 1.807) is 6.92 Å². The molecule has 0 bridgehead atoms. The number of hydrogen-bond donors (Lipinski definition) is 6. The van der Waals surface area contributed by atoms with Gasteiger partial charge in [-0.3, -0.25) is 9.13 Å². The maximum Gasteiger partial charge on any atom is 0.371 e. The van der Waals surface area contributed by atoms with Gasteiger partial charge in [0, 0.05) is 12.1 Å². The zero-order chi connectivity index (χ0) is 15.6. The zero-order valence-corrected chi connectivity index (χ0v) is 12.3. The van der Waals surface area contributed by atoms with Crippen molar-refractivity contribution < 1.29 is 38.5 Å². The van der Waals surface area contributed by atoms with Crippen molar-refractivity contribution in [1.29, 1.82) is 0 Å². The minimum Gasteiger partial charge on any atom is -0.377 e. The van der Waals surface area contributed by atoms with Gasteiger partial charge in [-0.1, -0.05) is 0 Å². The Morgan fingerprint density at radius 2 is 1.85 bits per heavy atom. The number of nitrogens with one attached hydrogen (secondary N) is 1. The molecule has 0 unspecified atom stereocenters. The van der Waals surface area contributed by atoms with Gasteiger partial charge < -0.3 is 34.4 Å². The van der Waals surface area contributed by atoms with Crippen molar-refractivity contribution in [3.05, 3.63) is 17.7 Å². The first-order chi connectivity index (χ1) is 8.99. The number of rotatable bonds is 7. The van der Waals surface area contributed by atoms with Gasteiger partial charge in [0.25, 0.3) is 5.08 Å². The van der Waals surface area contributed by atoms with Crippen LogP contribution in [-0.4, -0.2) is 52.9 Å². The van der Waals surface area contributed by atoms with E-state index in [1.165, 1.54) is 6.33 Å². The smallest absolute Gasteiger partial charge is 0.371 e. The maximum atomic E-state index is 11.0. The highest BCUT2D eigenvalue weighted by molar-refractivity contribution is 7.72. The summed E-state index contributed by atoms with van der Waals surface area (Å²) in [6.07, 6.45) is 1.71. The van der Waals surface area contributed by atoms with Gasteiger partial charge in [-0.05, 0) is 6.92 Å². The number of H-pyrrole nitrogens is 1. The summed E-state index contributed by atoms with van der Waals surface area (Å²) in [6.45, 7) is 0.447. The number of ether oxygens (including phenoxy) is 1. The van der Waals surface area contributed by atoms with E-state index in [0.717, 1.165) is 5.69 Å². The molecule has 6 N–H and O–H groups in total. The number of aryl methyl sites for hydroxylation is 1. The van der Waals surface area contributed by atoms with E-state index in [9.17, 15) is 14.2 Å². The van der Waals surface area contributed by atoms with Crippen molar-refractivity contribution in [1.82, 2.24) is 9.97 Å². The summed E-state index contributed by atoms with van der Waals surface area (Å²) in [5.41, 5.74) is 1.41. The molecular weight excluding hydrogens is 314 g/mol. The van der Waals surface area contributed by atoms with Crippen LogP contribution in [0.15, 0.2) is 6.33 Å². The molecule has 0 atom stereocenters. The second kappa shape index (κ2) is 6.05. The molecule has 0 radical (unpaired) electrons. The normalized spacial score (nSPS) is 13.7. The molecule has 0 saturated carbocycles. The molecule has 1 aromatic rings. The molecule has 0 fully saturated rings. The lowest BCUT2D eigenvalue weighted by Gasteiger charge is -2.28. The average Bonchev–Trinajstić information content (AvgIpc) is 2.67. The molecule has 12 heteroatoms. The molecule has 10 nitrogen and oxygen atoms in total. The highest BCUT2D eigenvalue weighted by atomic mass is 31.2. The van der Waals surface area contributed by atoms with Crippen LogP contribution >= 0.6 is 15.2 Å². The van der Waals surface area contributed by atoms with Gasteiger partial charge in [0.1, 0.15) is 0 Å². The maximum absolute atomic E-state index is 11.0. The van der Waals surface area contributed by atoms with Crippen LogP contribution in [0.2, 0.25) is 0 Å². The third kappa shape index (κ3) is 3.75. The number of nitrogens with zero attached hydrogens (tertiary/aromatic N) is 1. The van der Waals surface area contributed by atoms with Crippen LogP contribution in [0, 0.1) is 6.92 Å². The highest BCUT2D eigenvalue weighted by Gasteiger charge is 2.59.